The first-order valence-electron chi connectivity index (χ1n) is 10.8. The zero-order chi connectivity index (χ0) is 24.4. The van der Waals surface area contributed by atoms with Crippen LogP contribution in [0.1, 0.15) is 43.0 Å². The number of methoxy groups -OCH3 is 1. The molecule has 3 rings (SSSR count). The number of halogens is 5. The van der Waals surface area contributed by atoms with E-state index in [1.54, 1.807) is 6.92 Å². The molecule has 1 aliphatic heterocycles. The van der Waals surface area contributed by atoms with Crippen LogP contribution in [0.25, 0.3) is 0 Å². The Morgan fingerprint density at radius 2 is 1.59 bits per heavy atom. The third-order valence-electron chi connectivity index (χ3n) is 6.64. The molecule has 0 atom stereocenters. The average Bonchev–Trinajstić information content (AvgIpc) is 2.78. The molecular weight excluding hydrogens is 502 g/mol. The summed E-state index contributed by atoms with van der Waals surface area (Å²) in [7, 11) is -2.13. The second-order valence-electron chi connectivity index (χ2n) is 8.52. The maximum Gasteiger partial charge on any atom is 0.257 e. The van der Waals surface area contributed by atoms with E-state index in [4.69, 9.17) is 4.74 Å². The van der Waals surface area contributed by atoms with Crippen molar-refractivity contribution >= 4 is 28.3 Å². The zero-order valence-electron chi connectivity index (χ0n) is 19.1. The van der Waals surface area contributed by atoms with Crippen molar-refractivity contribution in [1.29, 1.82) is 0 Å². The van der Waals surface area contributed by atoms with E-state index in [0.29, 0.717) is 13.1 Å². The van der Waals surface area contributed by atoms with Crippen molar-refractivity contribution in [2.45, 2.75) is 44.1 Å². The minimum atomic E-state index is -3.37. The van der Waals surface area contributed by atoms with Crippen LogP contribution < -0.4 is 10.1 Å². The number of nitrogens with zero attached hydrogens (tertiary/aromatic N) is 2. The van der Waals surface area contributed by atoms with E-state index < -0.39 is 44.6 Å². The molecule has 13 heteroatoms. The number of benzene rings is 1. The summed E-state index contributed by atoms with van der Waals surface area (Å²) in [5.74, 6) is -6.10. The highest BCUT2D eigenvalue weighted by molar-refractivity contribution is 7.89. The zero-order valence-corrected chi connectivity index (χ0v) is 20.7. The molecule has 1 amide bonds. The topological polar surface area (TPSA) is 79.0 Å². The number of piperazine rings is 1. The first kappa shape index (κ1) is 28.6. The van der Waals surface area contributed by atoms with Gasteiger partial charge in [-0.1, -0.05) is 0 Å². The van der Waals surface area contributed by atoms with Gasteiger partial charge in [0, 0.05) is 63.2 Å². The SMILES string of the molecule is CCS(=O)(=O)N1CCN(C2(CNC(=O)c3c(F)cc(OC)cc3F)CCC(F)(F)CC2)CC1.Cl. The Morgan fingerprint density at radius 3 is 2.06 bits per heavy atom. The van der Waals surface area contributed by atoms with E-state index in [-0.39, 0.29) is 69.2 Å². The fourth-order valence-corrected chi connectivity index (χ4v) is 5.61. The van der Waals surface area contributed by atoms with Crippen molar-refractivity contribution < 1.29 is 35.5 Å². The predicted molar refractivity (Wildman–Crippen MR) is 121 cm³/mol. The second-order valence-corrected chi connectivity index (χ2v) is 10.8. The standard InChI is InChI=1S/C21H29F4N3O4S.ClH/c1-3-33(30,31)28-10-8-27(9-11-28)20(4-6-21(24,25)7-5-20)14-26-19(29)18-16(22)12-15(32-2)13-17(18)23;/h12-13H,3-11,14H2,1-2H3,(H,26,29);1H. The highest BCUT2D eigenvalue weighted by atomic mass is 35.5. The van der Waals surface area contributed by atoms with Gasteiger partial charge in [-0.05, 0) is 19.8 Å². The maximum atomic E-state index is 14.3. The van der Waals surface area contributed by atoms with E-state index in [1.165, 1.54) is 11.4 Å². The van der Waals surface area contributed by atoms with Gasteiger partial charge < -0.3 is 10.1 Å². The number of carbonyl (C=O) groups excluding carboxylic acids is 1. The summed E-state index contributed by atoms with van der Waals surface area (Å²) in [6.45, 7) is 2.51. The first-order chi connectivity index (χ1) is 15.4. The minimum absolute atomic E-state index is 0. The lowest BCUT2D eigenvalue weighted by Crippen LogP contribution is -2.63. The molecule has 7 nitrogen and oxygen atoms in total. The summed E-state index contributed by atoms with van der Waals surface area (Å²) in [6, 6.07) is 1.78. The largest absolute Gasteiger partial charge is 0.497 e. The van der Waals surface area contributed by atoms with Gasteiger partial charge in [-0.15, -0.1) is 12.4 Å². The molecule has 1 aromatic carbocycles. The molecule has 34 heavy (non-hydrogen) atoms. The van der Waals surface area contributed by atoms with E-state index in [1.807, 2.05) is 4.90 Å². The number of ether oxygens (including phenoxy) is 1. The fraction of sp³-hybridized carbons (Fsp3) is 0.667. The number of rotatable bonds is 7. The highest BCUT2D eigenvalue weighted by Crippen LogP contribution is 2.42. The van der Waals surface area contributed by atoms with Crippen LogP contribution in [0.15, 0.2) is 12.1 Å². The number of hydrogen-bond donors (Lipinski definition) is 1. The molecule has 194 valence electrons. The molecule has 1 heterocycles. The minimum Gasteiger partial charge on any atom is -0.497 e. The number of nitrogens with one attached hydrogen (secondary N) is 1. The summed E-state index contributed by atoms with van der Waals surface area (Å²) in [5, 5.41) is 2.53. The van der Waals surface area contributed by atoms with Crippen LogP contribution in [-0.4, -0.2) is 80.6 Å². The number of sulfonamides is 1. The lowest BCUT2D eigenvalue weighted by atomic mass is 9.78. The van der Waals surface area contributed by atoms with Crippen molar-refractivity contribution in [3.8, 4) is 5.75 Å². The first-order valence-corrected chi connectivity index (χ1v) is 12.5. The molecule has 0 unspecified atom stereocenters. The van der Waals surface area contributed by atoms with E-state index in [0.717, 1.165) is 12.1 Å². The molecule has 1 N–H and O–H groups in total. The molecule has 2 aliphatic rings. The molecule has 2 fully saturated rings. The van der Waals surface area contributed by atoms with Gasteiger partial charge in [0.2, 0.25) is 15.9 Å². The molecule has 1 saturated carbocycles. The number of alkyl halides is 2. The monoisotopic (exact) mass is 531 g/mol. The Hall–Kier alpha value is -1.63. The van der Waals surface area contributed by atoms with Crippen molar-refractivity contribution in [2.24, 2.45) is 0 Å². The maximum absolute atomic E-state index is 14.3. The van der Waals surface area contributed by atoms with Crippen LogP contribution in [0.5, 0.6) is 5.75 Å². The van der Waals surface area contributed by atoms with Gasteiger partial charge in [0.15, 0.2) is 0 Å². The van der Waals surface area contributed by atoms with Gasteiger partial charge in [0.25, 0.3) is 5.91 Å². The fourth-order valence-electron chi connectivity index (χ4n) is 4.53. The molecule has 1 saturated heterocycles. The van der Waals surface area contributed by atoms with Crippen molar-refractivity contribution in [3.05, 3.63) is 29.3 Å². The molecule has 0 bridgehead atoms. The third kappa shape index (κ3) is 6.13. The Bertz CT molecular complexity index is 955. The average molecular weight is 532 g/mol. The van der Waals surface area contributed by atoms with E-state index >= 15 is 0 Å². The van der Waals surface area contributed by atoms with E-state index in [2.05, 4.69) is 5.32 Å². The normalized spacial score (nSPS) is 20.9. The van der Waals surface area contributed by atoms with Crippen LogP contribution in [0.4, 0.5) is 17.6 Å². The van der Waals surface area contributed by atoms with Gasteiger partial charge in [-0.25, -0.2) is 26.0 Å². The van der Waals surface area contributed by atoms with Crippen molar-refractivity contribution in [2.75, 3.05) is 45.6 Å². The van der Waals surface area contributed by atoms with Crippen molar-refractivity contribution in [1.82, 2.24) is 14.5 Å². The number of hydrogen-bond acceptors (Lipinski definition) is 5. The molecule has 1 aromatic rings. The Balaban J connectivity index is 0.00000408. The molecular formula is C21H30ClF4N3O4S. The van der Waals surface area contributed by atoms with Gasteiger partial charge in [0.1, 0.15) is 22.9 Å². The molecule has 0 radical (unpaired) electrons. The lowest BCUT2D eigenvalue weighted by Gasteiger charge is -2.50. The summed E-state index contributed by atoms with van der Waals surface area (Å²) in [6.07, 6.45) is -0.647. The van der Waals surface area contributed by atoms with Gasteiger partial charge in [0.05, 0.1) is 12.9 Å². The van der Waals surface area contributed by atoms with E-state index in [9.17, 15) is 30.8 Å². The predicted octanol–water partition coefficient (Wildman–Crippen LogP) is 3.04. The quantitative estimate of drug-likeness (QED) is 0.547. The van der Waals surface area contributed by atoms with Gasteiger partial charge >= 0.3 is 0 Å². The number of carbonyl (C=O) groups is 1. The lowest BCUT2D eigenvalue weighted by molar-refractivity contribution is -0.0856. The van der Waals surface area contributed by atoms with Gasteiger partial charge in [-0.2, -0.15) is 4.31 Å². The summed E-state index contributed by atoms with van der Waals surface area (Å²) in [4.78, 5) is 14.5. The summed E-state index contributed by atoms with van der Waals surface area (Å²) >= 11 is 0. The van der Waals surface area contributed by atoms with Crippen LogP contribution >= 0.6 is 12.4 Å². The van der Waals surface area contributed by atoms with Crippen LogP contribution in [0.2, 0.25) is 0 Å². The summed E-state index contributed by atoms with van der Waals surface area (Å²) in [5.41, 5.74) is -1.63. The Labute approximate surface area is 203 Å². The van der Waals surface area contributed by atoms with Crippen LogP contribution in [-0.2, 0) is 10.0 Å². The van der Waals surface area contributed by atoms with Crippen molar-refractivity contribution in [3.63, 3.8) is 0 Å². The summed E-state index contributed by atoms with van der Waals surface area (Å²) < 4.78 is 86.9. The Morgan fingerprint density at radius 1 is 1.06 bits per heavy atom. The van der Waals surface area contributed by atoms with Crippen LogP contribution in [0, 0.1) is 11.6 Å². The second kappa shape index (κ2) is 11.0. The number of amides is 1. The van der Waals surface area contributed by atoms with Gasteiger partial charge in [-0.3, -0.25) is 9.69 Å². The molecule has 1 aliphatic carbocycles. The van der Waals surface area contributed by atoms with Crippen LogP contribution in [0.3, 0.4) is 0 Å². The smallest absolute Gasteiger partial charge is 0.257 e. The Kier molecular flexibility index (Phi) is 9.22. The molecule has 0 spiro atoms. The third-order valence-corrected chi connectivity index (χ3v) is 8.52. The molecule has 0 aromatic heterocycles. The highest BCUT2D eigenvalue weighted by Gasteiger charge is 2.47.